The SMILES string of the molecule is Cc1cc(=O)[nH]c([C@@H](C)OC(=O)c2c(C)nn(C)c2C)n1. The van der Waals surface area contributed by atoms with Crippen molar-refractivity contribution < 1.29 is 9.53 Å². The van der Waals surface area contributed by atoms with E-state index in [0.29, 0.717) is 22.8 Å². The van der Waals surface area contributed by atoms with Gasteiger partial charge in [0.25, 0.3) is 5.56 Å². The second-order valence-corrected chi connectivity index (χ2v) is 4.99. The van der Waals surface area contributed by atoms with E-state index in [1.807, 2.05) is 0 Å². The van der Waals surface area contributed by atoms with Crippen molar-refractivity contribution in [2.24, 2.45) is 7.05 Å². The van der Waals surface area contributed by atoms with Crippen LogP contribution in [-0.4, -0.2) is 25.7 Å². The van der Waals surface area contributed by atoms with Gasteiger partial charge in [0, 0.05) is 24.5 Å². The van der Waals surface area contributed by atoms with Crippen LogP contribution in [-0.2, 0) is 11.8 Å². The Balaban J connectivity index is 2.24. The second-order valence-electron chi connectivity index (χ2n) is 4.99. The van der Waals surface area contributed by atoms with Gasteiger partial charge in [0.2, 0.25) is 0 Å². The molecule has 112 valence electrons. The van der Waals surface area contributed by atoms with Crippen LogP contribution < -0.4 is 5.56 Å². The van der Waals surface area contributed by atoms with Crippen molar-refractivity contribution in [3.05, 3.63) is 44.9 Å². The van der Waals surface area contributed by atoms with Crippen molar-refractivity contribution in [2.75, 3.05) is 0 Å². The van der Waals surface area contributed by atoms with Gasteiger partial charge in [-0.1, -0.05) is 0 Å². The normalized spacial score (nSPS) is 12.2. The molecule has 7 heteroatoms. The molecule has 0 amide bonds. The first-order valence-corrected chi connectivity index (χ1v) is 6.58. The fourth-order valence-electron chi connectivity index (χ4n) is 2.14. The summed E-state index contributed by atoms with van der Waals surface area (Å²) >= 11 is 0. The van der Waals surface area contributed by atoms with Crippen molar-refractivity contribution in [3.63, 3.8) is 0 Å². The lowest BCUT2D eigenvalue weighted by Gasteiger charge is -2.13. The Morgan fingerprint density at radius 2 is 2.05 bits per heavy atom. The van der Waals surface area contributed by atoms with Crippen molar-refractivity contribution >= 4 is 5.97 Å². The molecular weight excluding hydrogens is 272 g/mol. The molecule has 0 spiro atoms. The molecule has 1 N–H and O–H groups in total. The molecule has 1 atom stereocenters. The smallest absolute Gasteiger partial charge is 0.342 e. The van der Waals surface area contributed by atoms with Gasteiger partial charge in [0.1, 0.15) is 11.4 Å². The summed E-state index contributed by atoms with van der Waals surface area (Å²) in [5.74, 6) is -0.151. The zero-order valence-electron chi connectivity index (χ0n) is 12.7. The molecule has 0 aliphatic rings. The minimum absolute atomic E-state index is 0.269. The molecule has 0 radical (unpaired) electrons. The van der Waals surface area contributed by atoms with Crippen LogP contribution in [0.1, 0.15) is 46.3 Å². The molecule has 21 heavy (non-hydrogen) atoms. The molecule has 2 aromatic heterocycles. The molecule has 0 bridgehead atoms. The standard InChI is InChI=1S/C14H18N4O3/c1-7-6-11(19)16-13(15-7)10(4)21-14(20)12-8(2)17-18(5)9(12)3/h6,10H,1-5H3,(H,15,16,19)/t10-/m1/s1. The monoisotopic (exact) mass is 290 g/mol. The van der Waals surface area contributed by atoms with E-state index in [-0.39, 0.29) is 5.56 Å². The van der Waals surface area contributed by atoms with Gasteiger partial charge in [-0.3, -0.25) is 9.48 Å². The van der Waals surface area contributed by atoms with E-state index < -0.39 is 12.1 Å². The van der Waals surface area contributed by atoms with E-state index in [0.717, 1.165) is 5.69 Å². The number of nitrogens with zero attached hydrogens (tertiary/aromatic N) is 3. The highest BCUT2D eigenvalue weighted by atomic mass is 16.5. The van der Waals surface area contributed by atoms with Crippen molar-refractivity contribution in [3.8, 4) is 0 Å². The molecule has 0 unspecified atom stereocenters. The average Bonchev–Trinajstić information content (AvgIpc) is 2.61. The number of hydrogen-bond donors (Lipinski definition) is 1. The summed E-state index contributed by atoms with van der Waals surface area (Å²) in [7, 11) is 1.77. The van der Waals surface area contributed by atoms with Crippen LogP contribution in [0.5, 0.6) is 0 Å². The number of aryl methyl sites for hydroxylation is 3. The molecule has 7 nitrogen and oxygen atoms in total. The maximum Gasteiger partial charge on any atom is 0.342 e. The van der Waals surface area contributed by atoms with Gasteiger partial charge < -0.3 is 9.72 Å². The predicted octanol–water partition coefficient (Wildman–Crippen LogP) is 1.35. The van der Waals surface area contributed by atoms with Gasteiger partial charge in [0.15, 0.2) is 6.10 Å². The summed E-state index contributed by atoms with van der Waals surface area (Å²) in [6.07, 6.45) is -0.649. The van der Waals surface area contributed by atoms with Gasteiger partial charge >= 0.3 is 5.97 Å². The van der Waals surface area contributed by atoms with E-state index in [2.05, 4.69) is 15.1 Å². The zero-order valence-corrected chi connectivity index (χ0v) is 12.7. The highest BCUT2D eigenvalue weighted by molar-refractivity contribution is 5.92. The Bertz CT molecular complexity index is 745. The molecule has 0 aliphatic carbocycles. The third-order valence-corrected chi connectivity index (χ3v) is 3.27. The lowest BCUT2D eigenvalue weighted by molar-refractivity contribution is 0.0317. The quantitative estimate of drug-likeness (QED) is 0.862. The zero-order chi connectivity index (χ0) is 15.7. The molecule has 0 aromatic carbocycles. The van der Waals surface area contributed by atoms with Crippen LogP contribution >= 0.6 is 0 Å². The van der Waals surface area contributed by atoms with Crippen LogP contribution in [0.4, 0.5) is 0 Å². The van der Waals surface area contributed by atoms with Crippen molar-refractivity contribution in [1.82, 2.24) is 19.7 Å². The number of ether oxygens (including phenoxy) is 1. The summed E-state index contributed by atoms with van der Waals surface area (Å²) in [4.78, 5) is 30.4. The first kappa shape index (κ1) is 15.0. The number of hydrogen-bond acceptors (Lipinski definition) is 5. The first-order valence-electron chi connectivity index (χ1n) is 6.58. The number of carbonyl (C=O) groups excluding carboxylic acids is 1. The van der Waals surface area contributed by atoms with Gasteiger partial charge in [-0.05, 0) is 27.7 Å². The first-order chi connectivity index (χ1) is 9.79. The van der Waals surface area contributed by atoms with E-state index >= 15 is 0 Å². The average molecular weight is 290 g/mol. The summed E-state index contributed by atoms with van der Waals surface area (Å²) in [6.45, 7) is 6.93. The third kappa shape index (κ3) is 3.01. The van der Waals surface area contributed by atoms with Gasteiger partial charge in [0.05, 0.1) is 5.69 Å². The molecule has 2 heterocycles. The number of aromatic nitrogens is 4. The maximum absolute atomic E-state index is 12.3. The fourth-order valence-corrected chi connectivity index (χ4v) is 2.14. The van der Waals surface area contributed by atoms with Crippen LogP contribution in [0.15, 0.2) is 10.9 Å². The Morgan fingerprint density at radius 3 is 2.57 bits per heavy atom. The largest absolute Gasteiger partial charge is 0.451 e. The molecule has 0 fully saturated rings. The lowest BCUT2D eigenvalue weighted by atomic mass is 10.2. The van der Waals surface area contributed by atoms with E-state index in [4.69, 9.17) is 4.74 Å². The van der Waals surface area contributed by atoms with E-state index in [9.17, 15) is 9.59 Å². The summed E-state index contributed by atoms with van der Waals surface area (Å²) in [6, 6.07) is 1.38. The fraction of sp³-hybridized carbons (Fsp3) is 0.429. The number of nitrogens with one attached hydrogen (secondary N) is 1. The molecular formula is C14H18N4O3. The minimum atomic E-state index is -0.649. The molecule has 0 saturated heterocycles. The topological polar surface area (TPSA) is 89.9 Å². The van der Waals surface area contributed by atoms with Gasteiger partial charge in [-0.2, -0.15) is 5.10 Å². The Kier molecular flexibility index (Phi) is 3.93. The summed E-state index contributed by atoms with van der Waals surface area (Å²) < 4.78 is 7.01. The Labute approximate surface area is 122 Å². The molecule has 2 rings (SSSR count). The summed E-state index contributed by atoms with van der Waals surface area (Å²) in [5.41, 5.74) is 2.09. The predicted molar refractivity (Wildman–Crippen MR) is 76.1 cm³/mol. The highest BCUT2D eigenvalue weighted by Crippen LogP contribution is 2.18. The highest BCUT2D eigenvalue weighted by Gasteiger charge is 2.22. The molecule has 2 aromatic rings. The van der Waals surface area contributed by atoms with Crippen LogP contribution in [0.3, 0.4) is 0 Å². The van der Waals surface area contributed by atoms with Gasteiger partial charge in [-0.15, -0.1) is 0 Å². The van der Waals surface area contributed by atoms with Crippen LogP contribution in [0.2, 0.25) is 0 Å². The molecule has 0 saturated carbocycles. The lowest BCUT2D eigenvalue weighted by Crippen LogP contribution is -2.18. The number of H-pyrrole nitrogens is 1. The Morgan fingerprint density at radius 1 is 1.38 bits per heavy atom. The second kappa shape index (κ2) is 5.51. The third-order valence-electron chi connectivity index (χ3n) is 3.27. The van der Waals surface area contributed by atoms with E-state index in [1.165, 1.54) is 6.07 Å². The maximum atomic E-state index is 12.3. The van der Waals surface area contributed by atoms with E-state index in [1.54, 1.807) is 39.4 Å². The number of aromatic amines is 1. The number of esters is 1. The van der Waals surface area contributed by atoms with Gasteiger partial charge in [-0.25, -0.2) is 9.78 Å². The number of carbonyl (C=O) groups is 1. The minimum Gasteiger partial charge on any atom is -0.451 e. The summed E-state index contributed by atoms with van der Waals surface area (Å²) in [5, 5.41) is 4.18. The number of rotatable bonds is 3. The van der Waals surface area contributed by atoms with Crippen LogP contribution in [0, 0.1) is 20.8 Å². The molecule has 0 aliphatic heterocycles. The Hall–Kier alpha value is -2.44. The van der Waals surface area contributed by atoms with Crippen LogP contribution in [0.25, 0.3) is 0 Å². The van der Waals surface area contributed by atoms with Crippen molar-refractivity contribution in [1.29, 1.82) is 0 Å². The van der Waals surface area contributed by atoms with Crippen molar-refractivity contribution in [2.45, 2.75) is 33.8 Å².